The van der Waals surface area contributed by atoms with Gasteiger partial charge in [-0.05, 0) is 98.0 Å². The van der Waals surface area contributed by atoms with Gasteiger partial charge in [-0.25, -0.2) is 9.37 Å². The van der Waals surface area contributed by atoms with Gasteiger partial charge >= 0.3 is 0 Å². The zero-order valence-electron chi connectivity index (χ0n) is 21.5. The molecule has 2 atom stereocenters. The maximum atomic E-state index is 14.2. The van der Waals surface area contributed by atoms with E-state index in [-0.39, 0.29) is 23.8 Å². The molecule has 0 radical (unpaired) electrons. The van der Waals surface area contributed by atoms with Crippen LogP contribution in [0.1, 0.15) is 65.2 Å². The molecule has 3 heterocycles. The van der Waals surface area contributed by atoms with Gasteiger partial charge in [0.25, 0.3) is 11.8 Å². The summed E-state index contributed by atoms with van der Waals surface area (Å²) in [6.45, 7) is 2.39. The maximum absolute atomic E-state index is 14.2. The van der Waals surface area contributed by atoms with Crippen molar-refractivity contribution in [1.82, 2.24) is 15.2 Å². The number of nitrogens with zero attached hydrogens (tertiary/aromatic N) is 2. The number of aromatic nitrogens is 1. The van der Waals surface area contributed by atoms with Crippen LogP contribution in [0, 0.1) is 17.7 Å². The highest BCUT2D eigenvalue weighted by molar-refractivity contribution is 7.13. The minimum atomic E-state index is -1.23. The van der Waals surface area contributed by atoms with Gasteiger partial charge in [0.1, 0.15) is 17.6 Å². The van der Waals surface area contributed by atoms with Gasteiger partial charge in [0.2, 0.25) is 0 Å². The number of piperidine rings is 1. The summed E-state index contributed by atoms with van der Waals surface area (Å²) in [6, 6.07) is 8.12. The molecule has 1 fully saturated rings. The number of hydrogen-bond acceptors (Lipinski definition) is 6. The number of thiazole rings is 1. The molecule has 0 saturated carbocycles. The highest BCUT2D eigenvalue weighted by Gasteiger charge is 2.39. The van der Waals surface area contributed by atoms with Crippen molar-refractivity contribution in [2.24, 2.45) is 11.8 Å². The molecule has 3 N–H and O–H groups in total. The third-order valence-electron chi connectivity index (χ3n) is 8.32. The van der Waals surface area contributed by atoms with Crippen molar-refractivity contribution in [2.45, 2.75) is 44.7 Å². The molecule has 9 heteroatoms. The van der Waals surface area contributed by atoms with Gasteiger partial charge in [0, 0.05) is 29.2 Å². The summed E-state index contributed by atoms with van der Waals surface area (Å²) in [7, 11) is 0. The van der Waals surface area contributed by atoms with Crippen LogP contribution < -0.4 is 10.6 Å². The minimum Gasteiger partial charge on any atom is -0.508 e. The monoisotopic (exact) mass is 546 g/mol. The zero-order valence-corrected chi connectivity index (χ0v) is 22.3. The molecule has 7 nitrogen and oxygen atoms in total. The van der Waals surface area contributed by atoms with Crippen LogP contribution in [0.5, 0.6) is 5.75 Å². The molecule has 1 aliphatic carbocycles. The number of benzene rings is 2. The number of rotatable bonds is 6. The largest absolute Gasteiger partial charge is 0.508 e. The Balaban J connectivity index is 1.26. The highest BCUT2D eigenvalue weighted by atomic mass is 32.1. The summed E-state index contributed by atoms with van der Waals surface area (Å²) in [4.78, 5) is 32.7. The van der Waals surface area contributed by atoms with E-state index >= 15 is 0 Å². The quantitative estimate of drug-likeness (QED) is 0.379. The lowest BCUT2D eigenvalue weighted by molar-refractivity contribution is -0.120. The number of halogens is 1. The highest BCUT2D eigenvalue weighted by Crippen LogP contribution is 2.40. The van der Waals surface area contributed by atoms with Crippen LogP contribution >= 0.6 is 11.3 Å². The molecule has 3 aliphatic rings. The Kier molecular flexibility index (Phi) is 7.18. The van der Waals surface area contributed by atoms with Crippen molar-refractivity contribution in [2.75, 3.05) is 18.4 Å². The third-order valence-corrected chi connectivity index (χ3v) is 9.01. The van der Waals surface area contributed by atoms with Gasteiger partial charge in [0.15, 0.2) is 5.13 Å². The first-order chi connectivity index (χ1) is 19.0. The first-order valence-corrected chi connectivity index (χ1v) is 14.4. The van der Waals surface area contributed by atoms with Crippen molar-refractivity contribution in [3.05, 3.63) is 82.1 Å². The first kappa shape index (κ1) is 25.7. The molecular weight excluding hydrogens is 515 g/mol. The second kappa shape index (κ2) is 10.9. The molecule has 2 unspecified atom stereocenters. The maximum Gasteiger partial charge on any atom is 0.255 e. The van der Waals surface area contributed by atoms with E-state index in [0.717, 1.165) is 67.4 Å². The number of carbonyl (C=O) groups is 2. The molecule has 6 rings (SSSR count). The summed E-state index contributed by atoms with van der Waals surface area (Å²) < 4.78 is 14.2. The number of phenolic OH excluding ortho intramolecular Hbond substituents is 1. The van der Waals surface area contributed by atoms with E-state index in [1.54, 1.807) is 11.6 Å². The fraction of sp³-hybridized carbons (Fsp3) is 0.367. The van der Waals surface area contributed by atoms with E-state index in [2.05, 4.69) is 27.8 Å². The number of anilines is 1. The van der Waals surface area contributed by atoms with Crippen LogP contribution in [0.25, 0.3) is 5.57 Å². The number of hydrogen-bond donors (Lipinski definition) is 3. The Labute approximate surface area is 230 Å². The number of amides is 2. The lowest BCUT2D eigenvalue weighted by Crippen LogP contribution is -2.37. The lowest BCUT2D eigenvalue weighted by Gasteiger charge is -2.33. The lowest BCUT2D eigenvalue weighted by atomic mass is 9.75. The molecule has 0 bridgehead atoms. The van der Waals surface area contributed by atoms with Crippen molar-refractivity contribution in [3.63, 3.8) is 0 Å². The Bertz CT molecular complexity index is 1420. The van der Waals surface area contributed by atoms with E-state index in [0.29, 0.717) is 10.7 Å². The number of aromatic hydroxyl groups is 1. The Morgan fingerprint density at radius 1 is 1.15 bits per heavy atom. The molecule has 39 heavy (non-hydrogen) atoms. The fourth-order valence-electron chi connectivity index (χ4n) is 6.25. The number of nitrogens with one attached hydrogen (secondary N) is 2. The van der Waals surface area contributed by atoms with E-state index in [4.69, 9.17) is 0 Å². The molecular formula is C30H31FN4O3S. The molecule has 202 valence electrons. The smallest absolute Gasteiger partial charge is 0.255 e. The van der Waals surface area contributed by atoms with Crippen LogP contribution in [-0.2, 0) is 11.3 Å². The van der Waals surface area contributed by atoms with Gasteiger partial charge in [-0.15, -0.1) is 11.3 Å². The van der Waals surface area contributed by atoms with Gasteiger partial charge in [-0.1, -0.05) is 18.2 Å². The fourth-order valence-corrected chi connectivity index (χ4v) is 6.78. The normalized spacial score (nSPS) is 20.4. The van der Waals surface area contributed by atoms with Gasteiger partial charge in [0.05, 0.1) is 0 Å². The summed E-state index contributed by atoms with van der Waals surface area (Å²) >= 11 is 1.24. The van der Waals surface area contributed by atoms with Crippen molar-refractivity contribution >= 4 is 33.9 Å². The van der Waals surface area contributed by atoms with Crippen LogP contribution in [-0.4, -0.2) is 39.9 Å². The number of fused-ring (bicyclic) bond motifs is 1. The predicted molar refractivity (Wildman–Crippen MR) is 149 cm³/mol. The second-order valence-electron chi connectivity index (χ2n) is 10.6. The first-order valence-electron chi connectivity index (χ1n) is 13.5. The molecule has 0 spiro atoms. The van der Waals surface area contributed by atoms with Gasteiger partial charge in [-0.2, -0.15) is 0 Å². The van der Waals surface area contributed by atoms with E-state index in [1.165, 1.54) is 40.7 Å². The summed E-state index contributed by atoms with van der Waals surface area (Å²) in [5, 5.41) is 18.8. The minimum absolute atomic E-state index is 0.0318. The van der Waals surface area contributed by atoms with Crippen LogP contribution in [0.4, 0.5) is 9.52 Å². The van der Waals surface area contributed by atoms with Crippen LogP contribution in [0.2, 0.25) is 0 Å². The van der Waals surface area contributed by atoms with Crippen molar-refractivity contribution < 1.29 is 19.1 Å². The second-order valence-corrected chi connectivity index (χ2v) is 11.5. The van der Waals surface area contributed by atoms with E-state index in [9.17, 15) is 19.1 Å². The topological polar surface area (TPSA) is 94.6 Å². The molecule has 2 aliphatic heterocycles. The molecule has 1 aromatic heterocycles. The third kappa shape index (κ3) is 5.21. The van der Waals surface area contributed by atoms with Crippen LogP contribution in [0.15, 0.2) is 54.1 Å². The molecule has 1 saturated heterocycles. The average molecular weight is 547 g/mol. The van der Waals surface area contributed by atoms with Gasteiger partial charge < -0.3 is 15.3 Å². The Morgan fingerprint density at radius 2 is 2.00 bits per heavy atom. The summed E-state index contributed by atoms with van der Waals surface area (Å²) in [5.41, 5.74) is 3.66. The van der Waals surface area contributed by atoms with Crippen LogP contribution in [0.3, 0.4) is 0 Å². The van der Waals surface area contributed by atoms with E-state index < -0.39 is 17.8 Å². The molecule has 3 aromatic rings. The predicted octanol–water partition coefficient (Wildman–Crippen LogP) is 5.51. The van der Waals surface area contributed by atoms with Crippen molar-refractivity contribution in [1.29, 1.82) is 0 Å². The number of phenols is 1. The molecule has 2 aromatic carbocycles. The Morgan fingerprint density at radius 3 is 2.74 bits per heavy atom. The SMILES string of the molecule is O=C(Nc1nccs1)C(c1cc(F)ccc1O)N1Cc2ccc(C3=CCC(C4CCNCC4)CC3)cc2C1=O. The number of carbonyl (C=O) groups excluding carboxylic acids is 2. The Hall–Kier alpha value is -3.56. The summed E-state index contributed by atoms with van der Waals surface area (Å²) in [5.74, 6) is -0.238. The zero-order chi connectivity index (χ0) is 26.9. The van der Waals surface area contributed by atoms with Gasteiger partial charge in [-0.3, -0.25) is 14.9 Å². The number of allylic oxidation sites excluding steroid dienone is 2. The van der Waals surface area contributed by atoms with Crippen molar-refractivity contribution in [3.8, 4) is 5.75 Å². The molecule has 2 amide bonds. The average Bonchev–Trinajstić information content (AvgIpc) is 3.59. The standard InChI is InChI=1S/C30H31FN4O3S/c31-23-7-8-26(36)25(16-23)27(28(37)34-30-33-13-14-39-30)35-17-22-6-5-21(15-24(22)29(35)38)19-3-1-18(2-4-19)20-9-11-32-12-10-20/h3,5-8,13-16,18,20,27,32,36H,1-2,4,9-12,17H2,(H,33,34,37). The van der Waals surface area contributed by atoms with E-state index in [1.807, 2.05) is 12.1 Å². The summed E-state index contributed by atoms with van der Waals surface area (Å²) in [6.07, 6.45) is 9.60.